The maximum absolute atomic E-state index is 12.7. The van der Waals surface area contributed by atoms with Crippen molar-refractivity contribution >= 4 is 33.7 Å². The molecule has 0 aliphatic heterocycles. The number of nitrogens with two attached hydrogens (primary N) is 2. The van der Waals surface area contributed by atoms with Crippen LogP contribution >= 0.6 is 0 Å². The maximum atomic E-state index is 12.7. The molecule has 8 heteroatoms. The Morgan fingerprint density at radius 1 is 0.700 bits per heavy atom. The molecule has 0 saturated carbocycles. The van der Waals surface area contributed by atoms with Crippen LogP contribution in [-0.4, -0.2) is 14.2 Å². The lowest BCUT2D eigenvalue weighted by Gasteiger charge is -2.18. The third-order valence-electron chi connectivity index (χ3n) is 5.05. The molecule has 0 aliphatic carbocycles. The molecule has 0 saturated heterocycles. The zero-order valence-corrected chi connectivity index (χ0v) is 16.9. The van der Waals surface area contributed by atoms with E-state index in [2.05, 4.69) is 0 Å². The van der Waals surface area contributed by atoms with Gasteiger partial charge >= 0.3 is 0 Å². The summed E-state index contributed by atoms with van der Waals surface area (Å²) in [6, 6.07) is 5.85. The van der Waals surface area contributed by atoms with Gasteiger partial charge in [-0.2, -0.15) is 0 Å². The molecule has 0 unspecified atom stereocenters. The number of nitrogen functional groups attached to an aromatic ring is 2. The van der Waals surface area contributed by atoms with E-state index in [1.54, 1.807) is 26.0 Å². The van der Waals surface area contributed by atoms with Gasteiger partial charge in [0.2, 0.25) is 0 Å². The van der Waals surface area contributed by atoms with E-state index in [0.717, 1.165) is 0 Å². The number of fused-ring (bicyclic) bond motifs is 2. The van der Waals surface area contributed by atoms with Gasteiger partial charge in [-0.25, -0.2) is 0 Å². The maximum Gasteiger partial charge on any atom is 0.195 e. The molecule has 4 aromatic rings. The van der Waals surface area contributed by atoms with Crippen molar-refractivity contribution in [2.45, 2.75) is 13.8 Å². The molecule has 4 rings (SSSR count). The SMILES string of the molecule is COc1cc(C)c2c(=O)cc(N)oc2c1-c1c(OC)cc(C)c2c(=O)cc(N)oc12. The van der Waals surface area contributed by atoms with Crippen LogP contribution in [0.25, 0.3) is 33.1 Å². The number of hydrogen-bond donors (Lipinski definition) is 2. The highest BCUT2D eigenvalue weighted by Gasteiger charge is 2.26. The summed E-state index contributed by atoms with van der Waals surface area (Å²) in [5.41, 5.74) is 13.5. The minimum Gasteiger partial charge on any atom is -0.496 e. The number of methoxy groups -OCH3 is 2. The smallest absolute Gasteiger partial charge is 0.195 e. The quantitative estimate of drug-likeness (QED) is 0.527. The lowest BCUT2D eigenvalue weighted by molar-refractivity contribution is 0.409. The zero-order valence-electron chi connectivity index (χ0n) is 16.9. The lowest BCUT2D eigenvalue weighted by Crippen LogP contribution is -2.08. The first-order valence-corrected chi connectivity index (χ1v) is 9.09. The number of hydrogen-bond acceptors (Lipinski definition) is 8. The van der Waals surface area contributed by atoms with Gasteiger partial charge in [0, 0.05) is 12.1 Å². The highest BCUT2D eigenvalue weighted by molar-refractivity contribution is 6.07. The molecule has 2 heterocycles. The summed E-state index contributed by atoms with van der Waals surface area (Å²) < 4.78 is 22.8. The van der Waals surface area contributed by atoms with E-state index in [4.69, 9.17) is 29.8 Å². The Balaban J connectivity index is 2.35. The highest BCUT2D eigenvalue weighted by atomic mass is 16.5. The molecule has 154 valence electrons. The summed E-state index contributed by atoms with van der Waals surface area (Å²) >= 11 is 0. The van der Waals surface area contributed by atoms with Crippen molar-refractivity contribution in [1.82, 2.24) is 0 Å². The van der Waals surface area contributed by atoms with Gasteiger partial charge in [-0.05, 0) is 37.1 Å². The molecular weight excluding hydrogens is 388 g/mol. The van der Waals surface area contributed by atoms with Gasteiger partial charge in [0.25, 0.3) is 0 Å². The van der Waals surface area contributed by atoms with Crippen molar-refractivity contribution in [3.63, 3.8) is 0 Å². The van der Waals surface area contributed by atoms with E-state index in [1.807, 2.05) is 0 Å². The van der Waals surface area contributed by atoms with Crippen LogP contribution in [0.5, 0.6) is 11.5 Å². The fraction of sp³-hybridized carbons (Fsp3) is 0.182. The van der Waals surface area contributed by atoms with Gasteiger partial charge in [0.05, 0.1) is 36.1 Å². The van der Waals surface area contributed by atoms with Gasteiger partial charge in [-0.15, -0.1) is 0 Å². The number of benzene rings is 2. The molecule has 30 heavy (non-hydrogen) atoms. The van der Waals surface area contributed by atoms with Gasteiger partial charge in [0.15, 0.2) is 33.8 Å². The van der Waals surface area contributed by atoms with Crippen molar-refractivity contribution in [2.75, 3.05) is 25.7 Å². The van der Waals surface area contributed by atoms with Crippen LogP contribution in [0.1, 0.15) is 11.1 Å². The summed E-state index contributed by atoms with van der Waals surface area (Å²) in [6.45, 7) is 3.54. The minimum absolute atomic E-state index is 0.0576. The highest BCUT2D eigenvalue weighted by Crippen LogP contribution is 2.46. The Morgan fingerprint density at radius 2 is 1.07 bits per heavy atom. The first-order chi connectivity index (χ1) is 14.3. The largest absolute Gasteiger partial charge is 0.496 e. The number of anilines is 2. The summed E-state index contributed by atoms with van der Waals surface area (Å²) in [6.07, 6.45) is 0. The van der Waals surface area contributed by atoms with E-state index >= 15 is 0 Å². The second-order valence-corrected chi connectivity index (χ2v) is 6.98. The van der Waals surface area contributed by atoms with Crippen LogP contribution in [0.3, 0.4) is 0 Å². The molecule has 8 nitrogen and oxygen atoms in total. The second-order valence-electron chi connectivity index (χ2n) is 6.98. The molecule has 0 radical (unpaired) electrons. The summed E-state index contributed by atoms with van der Waals surface area (Å²) in [5.74, 6) is 0.667. The fourth-order valence-electron chi connectivity index (χ4n) is 3.82. The molecule has 0 bridgehead atoms. The van der Waals surface area contributed by atoms with Crippen molar-refractivity contribution in [3.8, 4) is 22.6 Å². The zero-order chi connectivity index (χ0) is 21.7. The monoisotopic (exact) mass is 408 g/mol. The first kappa shape index (κ1) is 19.4. The molecule has 2 aromatic heterocycles. The summed E-state index contributed by atoms with van der Waals surface area (Å²) in [7, 11) is 2.98. The Bertz CT molecular complexity index is 1340. The van der Waals surface area contributed by atoms with Gasteiger partial charge in [-0.1, -0.05) is 0 Å². The van der Waals surface area contributed by atoms with E-state index in [-0.39, 0.29) is 33.8 Å². The Morgan fingerprint density at radius 3 is 1.40 bits per heavy atom. The van der Waals surface area contributed by atoms with Gasteiger partial charge < -0.3 is 29.8 Å². The van der Waals surface area contributed by atoms with Crippen LogP contribution in [0.2, 0.25) is 0 Å². The lowest BCUT2D eigenvalue weighted by atomic mass is 9.94. The van der Waals surface area contributed by atoms with Crippen LogP contribution in [0.15, 0.2) is 42.7 Å². The molecule has 4 N–H and O–H groups in total. The second kappa shape index (κ2) is 6.84. The van der Waals surface area contributed by atoms with Gasteiger partial charge in [0.1, 0.15) is 11.5 Å². The normalized spacial score (nSPS) is 11.2. The predicted octanol–water partition coefficient (Wildman–Crippen LogP) is 3.36. The van der Waals surface area contributed by atoms with E-state index in [1.165, 1.54) is 26.4 Å². The average molecular weight is 408 g/mol. The van der Waals surface area contributed by atoms with E-state index in [0.29, 0.717) is 44.5 Å². The molecule has 2 aromatic carbocycles. The minimum atomic E-state index is -0.300. The molecule has 0 spiro atoms. The van der Waals surface area contributed by atoms with Crippen molar-refractivity contribution < 1.29 is 18.3 Å². The van der Waals surface area contributed by atoms with Crippen LogP contribution in [0, 0.1) is 13.8 Å². The Kier molecular flexibility index (Phi) is 4.42. The standard InChI is InChI=1S/C22H20N2O6/c1-9-5-13(27-3)19(21-17(9)11(25)7-15(23)29-21)20-14(28-4)6-10(2)18-12(26)8-16(24)30-22(18)20/h5-8H,23-24H2,1-4H3. The predicted molar refractivity (Wildman–Crippen MR) is 115 cm³/mol. The summed E-state index contributed by atoms with van der Waals surface area (Å²) in [5, 5.41) is 0.670. The van der Waals surface area contributed by atoms with E-state index < -0.39 is 0 Å². The molecule has 0 atom stereocenters. The third kappa shape index (κ3) is 2.76. The van der Waals surface area contributed by atoms with Crippen LogP contribution in [-0.2, 0) is 0 Å². The van der Waals surface area contributed by atoms with Gasteiger partial charge in [-0.3, -0.25) is 9.59 Å². The van der Waals surface area contributed by atoms with Crippen molar-refractivity contribution in [2.24, 2.45) is 0 Å². The average Bonchev–Trinajstić information content (AvgIpc) is 2.66. The Labute approximate surface area is 170 Å². The topological polar surface area (TPSA) is 131 Å². The molecular formula is C22H20N2O6. The Hall–Kier alpha value is -3.94. The van der Waals surface area contributed by atoms with Crippen LogP contribution in [0.4, 0.5) is 11.8 Å². The third-order valence-corrected chi connectivity index (χ3v) is 5.05. The van der Waals surface area contributed by atoms with E-state index in [9.17, 15) is 9.59 Å². The van der Waals surface area contributed by atoms with Crippen LogP contribution < -0.4 is 31.8 Å². The van der Waals surface area contributed by atoms with Crippen molar-refractivity contribution in [1.29, 1.82) is 0 Å². The number of rotatable bonds is 3. The molecule has 0 aliphatic rings. The number of ether oxygens (including phenoxy) is 2. The fourth-order valence-corrected chi connectivity index (χ4v) is 3.82. The molecule has 0 amide bonds. The summed E-state index contributed by atoms with van der Waals surface area (Å²) in [4.78, 5) is 25.4. The molecule has 0 fully saturated rings. The van der Waals surface area contributed by atoms with Crippen molar-refractivity contribution in [3.05, 3.63) is 55.8 Å². The first-order valence-electron chi connectivity index (χ1n) is 9.09. The number of aryl methyl sites for hydroxylation is 2.